The fourth-order valence-corrected chi connectivity index (χ4v) is 3.83. The van der Waals surface area contributed by atoms with E-state index >= 15 is 0 Å². The van der Waals surface area contributed by atoms with Gasteiger partial charge in [-0.15, -0.1) is 11.3 Å². The SMILES string of the molecule is NC(=O)c1cc(-c2csc(NC(=O)COc3ccc(N4CCCC4=O)cc3)n2)c[nH]1. The lowest BCUT2D eigenvalue weighted by molar-refractivity contribution is -0.118. The van der Waals surface area contributed by atoms with Crippen LogP contribution >= 0.6 is 11.3 Å². The summed E-state index contributed by atoms with van der Waals surface area (Å²) in [6.45, 7) is 0.552. The molecule has 3 aromatic rings. The number of thiazole rings is 1. The normalized spacial score (nSPS) is 13.5. The van der Waals surface area contributed by atoms with Gasteiger partial charge in [0.25, 0.3) is 11.8 Å². The Labute approximate surface area is 175 Å². The molecule has 2 aromatic heterocycles. The molecule has 0 unspecified atom stereocenters. The molecule has 0 aliphatic carbocycles. The summed E-state index contributed by atoms with van der Waals surface area (Å²) in [5, 5.41) is 4.87. The molecule has 4 N–H and O–H groups in total. The van der Waals surface area contributed by atoms with Gasteiger partial charge >= 0.3 is 0 Å². The molecule has 0 atom stereocenters. The fourth-order valence-electron chi connectivity index (χ4n) is 3.10. The molecule has 0 radical (unpaired) electrons. The van der Waals surface area contributed by atoms with E-state index in [1.54, 1.807) is 46.8 Å². The van der Waals surface area contributed by atoms with Crippen molar-refractivity contribution in [2.75, 3.05) is 23.4 Å². The maximum atomic E-state index is 12.2. The Bertz CT molecular complexity index is 1090. The van der Waals surface area contributed by atoms with Crippen LogP contribution in [0.4, 0.5) is 10.8 Å². The molecule has 3 heterocycles. The van der Waals surface area contributed by atoms with Gasteiger partial charge in [0.15, 0.2) is 11.7 Å². The lowest BCUT2D eigenvalue weighted by Crippen LogP contribution is -2.23. The summed E-state index contributed by atoms with van der Waals surface area (Å²) in [6.07, 6.45) is 3.07. The van der Waals surface area contributed by atoms with Crippen LogP contribution in [-0.2, 0) is 9.59 Å². The summed E-state index contributed by atoms with van der Waals surface area (Å²) in [6, 6.07) is 8.68. The number of amides is 3. The zero-order chi connectivity index (χ0) is 21.1. The second-order valence-corrected chi connectivity index (χ2v) is 7.54. The molecule has 1 aliphatic heterocycles. The fraction of sp³-hybridized carbons (Fsp3) is 0.200. The summed E-state index contributed by atoms with van der Waals surface area (Å²) in [4.78, 5) is 44.0. The second kappa shape index (κ2) is 8.37. The molecule has 154 valence electrons. The van der Waals surface area contributed by atoms with E-state index in [9.17, 15) is 14.4 Å². The number of aromatic amines is 1. The number of nitrogens with two attached hydrogens (primary N) is 1. The highest BCUT2D eigenvalue weighted by molar-refractivity contribution is 7.14. The Morgan fingerprint density at radius 2 is 2.10 bits per heavy atom. The molecule has 1 fully saturated rings. The number of nitrogens with one attached hydrogen (secondary N) is 2. The zero-order valence-corrected chi connectivity index (χ0v) is 16.7. The quantitative estimate of drug-likeness (QED) is 0.535. The highest BCUT2D eigenvalue weighted by atomic mass is 32.1. The van der Waals surface area contributed by atoms with Crippen molar-refractivity contribution < 1.29 is 19.1 Å². The summed E-state index contributed by atoms with van der Waals surface area (Å²) in [5.74, 6) is -0.244. The largest absolute Gasteiger partial charge is 0.484 e. The van der Waals surface area contributed by atoms with Crippen molar-refractivity contribution in [2.45, 2.75) is 12.8 Å². The standard InChI is InChI=1S/C20H19N5O4S/c21-19(28)15-8-12(9-22-15)16-11-30-20(23-16)24-17(26)10-29-14-5-3-13(4-6-14)25-7-1-2-18(25)27/h3-6,8-9,11,22H,1-2,7,10H2,(H2,21,28)(H,23,24,26). The van der Waals surface area contributed by atoms with Crippen LogP contribution in [-0.4, -0.2) is 40.8 Å². The molecule has 0 saturated carbocycles. The number of benzene rings is 1. The van der Waals surface area contributed by atoms with Gasteiger partial charge in [-0.25, -0.2) is 4.98 Å². The van der Waals surface area contributed by atoms with Gasteiger partial charge in [0, 0.05) is 35.8 Å². The molecule has 0 bridgehead atoms. The smallest absolute Gasteiger partial charge is 0.265 e. The minimum absolute atomic E-state index is 0.122. The first-order valence-corrected chi connectivity index (χ1v) is 10.1. The van der Waals surface area contributed by atoms with Crippen molar-refractivity contribution in [3.05, 3.63) is 47.6 Å². The number of hydrogen-bond acceptors (Lipinski definition) is 6. The van der Waals surface area contributed by atoms with Crippen molar-refractivity contribution in [2.24, 2.45) is 5.73 Å². The number of anilines is 2. The number of primary amides is 1. The lowest BCUT2D eigenvalue weighted by Gasteiger charge is -2.16. The van der Waals surface area contributed by atoms with Crippen molar-refractivity contribution in [1.82, 2.24) is 9.97 Å². The van der Waals surface area contributed by atoms with E-state index < -0.39 is 5.91 Å². The molecule has 3 amide bonds. The average molecular weight is 425 g/mol. The summed E-state index contributed by atoms with van der Waals surface area (Å²) in [5.41, 5.74) is 7.66. The minimum atomic E-state index is -0.554. The predicted molar refractivity (Wildman–Crippen MR) is 113 cm³/mol. The number of aromatic nitrogens is 2. The van der Waals surface area contributed by atoms with Gasteiger partial charge in [-0.3, -0.25) is 19.7 Å². The first-order chi connectivity index (χ1) is 14.5. The first-order valence-electron chi connectivity index (χ1n) is 9.27. The molecule has 30 heavy (non-hydrogen) atoms. The molecule has 0 spiro atoms. The van der Waals surface area contributed by atoms with Gasteiger partial charge in [0.2, 0.25) is 5.91 Å². The zero-order valence-electron chi connectivity index (χ0n) is 15.9. The first kappa shape index (κ1) is 19.6. The third-order valence-electron chi connectivity index (χ3n) is 4.59. The van der Waals surface area contributed by atoms with E-state index in [0.717, 1.165) is 18.7 Å². The van der Waals surface area contributed by atoms with Crippen LogP contribution in [0.1, 0.15) is 23.3 Å². The van der Waals surface area contributed by atoms with E-state index in [0.29, 0.717) is 28.6 Å². The van der Waals surface area contributed by atoms with Crippen LogP contribution < -0.4 is 20.7 Å². The maximum Gasteiger partial charge on any atom is 0.265 e. The van der Waals surface area contributed by atoms with Crippen molar-refractivity contribution in [3.8, 4) is 17.0 Å². The average Bonchev–Trinajstić information content (AvgIpc) is 3.47. The summed E-state index contributed by atoms with van der Waals surface area (Å²) < 4.78 is 5.51. The topological polar surface area (TPSA) is 130 Å². The van der Waals surface area contributed by atoms with Gasteiger partial charge in [0.05, 0.1) is 5.69 Å². The number of ether oxygens (including phenoxy) is 1. The van der Waals surface area contributed by atoms with Crippen molar-refractivity contribution in [3.63, 3.8) is 0 Å². The minimum Gasteiger partial charge on any atom is -0.484 e. The van der Waals surface area contributed by atoms with Crippen LogP contribution in [0.3, 0.4) is 0 Å². The van der Waals surface area contributed by atoms with Crippen LogP contribution in [0.15, 0.2) is 41.9 Å². The van der Waals surface area contributed by atoms with Gasteiger partial charge in [-0.2, -0.15) is 0 Å². The number of nitrogens with zero attached hydrogens (tertiary/aromatic N) is 2. The number of hydrogen-bond donors (Lipinski definition) is 3. The Hall–Kier alpha value is -3.66. The third-order valence-corrected chi connectivity index (χ3v) is 5.34. The van der Waals surface area contributed by atoms with Gasteiger partial charge in [-0.05, 0) is 36.8 Å². The number of rotatable bonds is 7. The van der Waals surface area contributed by atoms with Gasteiger partial charge < -0.3 is 20.4 Å². The molecule has 4 rings (SSSR count). The monoisotopic (exact) mass is 425 g/mol. The number of carbonyl (C=O) groups is 3. The van der Waals surface area contributed by atoms with Gasteiger partial charge in [-0.1, -0.05) is 0 Å². The van der Waals surface area contributed by atoms with E-state index in [-0.39, 0.29) is 24.1 Å². The van der Waals surface area contributed by atoms with E-state index in [1.165, 1.54) is 11.3 Å². The predicted octanol–water partition coefficient (Wildman–Crippen LogP) is 2.38. The van der Waals surface area contributed by atoms with E-state index in [2.05, 4.69) is 15.3 Å². The second-order valence-electron chi connectivity index (χ2n) is 6.68. The van der Waals surface area contributed by atoms with Crippen molar-refractivity contribution in [1.29, 1.82) is 0 Å². The van der Waals surface area contributed by atoms with E-state index in [4.69, 9.17) is 10.5 Å². The van der Waals surface area contributed by atoms with Crippen LogP contribution in [0, 0.1) is 0 Å². The molecular weight excluding hydrogens is 406 g/mol. The molecule has 10 heteroatoms. The third kappa shape index (κ3) is 4.33. The van der Waals surface area contributed by atoms with E-state index in [1.807, 2.05) is 0 Å². The number of carbonyl (C=O) groups excluding carboxylic acids is 3. The lowest BCUT2D eigenvalue weighted by atomic mass is 10.2. The summed E-state index contributed by atoms with van der Waals surface area (Å²) in [7, 11) is 0. The Morgan fingerprint density at radius 1 is 1.30 bits per heavy atom. The van der Waals surface area contributed by atoms with Crippen molar-refractivity contribution >= 4 is 39.9 Å². The highest BCUT2D eigenvalue weighted by Crippen LogP contribution is 2.26. The molecule has 9 nitrogen and oxygen atoms in total. The maximum absolute atomic E-state index is 12.2. The molecule has 1 aliphatic rings. The summed E-state index contributed by atoms with van der Waals surface area (Å²) >= 11 is 1.26. The Kier molecular flexibility index (Phi) is 5.48. The van der Waals surface area contributed by atoms with Crippen LogP contribution in [0.5, 0.6) is 5.75 Å². The molecule has 1 saturated heterocycles. The highest BCUT2D eigenvalue weighted by Gasteiger charge is 2.21. The van der Waals surface area contributed by atoms with Gasteiger partial charge in [0.1, 0.15) is 11.4 Å². The van der Waals surface area contributed by atoms with Crippen LogP contribution in [0.25, 0.3) is 11.3 Å². The number of H-pyrrole nitrogens is 1. The Balaban J connectivity index is 1.30. The molecular formula is C20H19N5O4S. The van der Waals surface area contributed by atoms with Crippen LogP contribution in [0.2, 0.25) is 0 Å². The molecule has 1 aromatic carbocycles. The Morgan fingerprint density at radius 3 is 2.77 bits per heavy atom.